The van der Waals surface area contributed by atoms with Gasteiger partial charge in [-0.3, -0.25) is 5.32 Å². The molecule has 1 aliphatic heterocycles. The van der Waals surface area contributed by atoms with Gasteiger partial charge in [-0.1, -0.05) is 41.9 Å². The standard InChI is InChI=1S/C18H19ClN2O3S/c1-2-24-16-9-8-15(19)13-17(16)25(22,23)21-11-10-20-18(21)12-14-6-4-3-5-7-14/h3-9,13H,2,10-12H2,1H3/p+1. The van der Waals surface area contributed by atoms with E-state index < -0.39 is 10.0 Å². The molecule has 5 nitrogen and oxygen atoms in total. The molecule has 2 aromatic carbocycles. The van der Waals surface area contributed by atoms with E-state index >= 15 is 0 Å². The van der Waals surface area contributed by atoms with Crippen LogP contribution in [0.15, 0.2) is 53.4 Å². The van der Waals surface area contributed by atoms with Crippen LogP contribution in [0.25, 0.3) is 0 Å². The highest BCUT2D eigenvalue weighted by Crippen LogP contribution is 2.29. The van der Waals surface area contributed by atoms with E-state index in [1.807, 2.05) is 37.3 Å². The van der Waals surface area contributed by atoms with E-state index in [0.29, 0.717) is 42.7 Å². The minimum Gasteiger partial charge on any atom is -0.492 e. The lowest BCUT2D eigenvalue weighted by molar-refractivity contribution is -0.354. The molecule has 0 radical (unpaired) electrons. The van der Waals surface area contributed by atoms with Gasteiger partial charge in [0.15, 0.2) is 4.90 Å². The summed E-state index contributed by atoms with van der Waals surface area (Å²) in [5, 5.41) is 3.55. The molecule has 7 heteroatoms. The van der Waals surface area contributed by atoms with Crippen LogP contribution in [0.5, 0.6) is 5.75 Å². The van der Waals surface area contributed by atoms with Crippen LogP contribution in [0.2, 0.25) is 5.02 Å². The van der Waals surface area contributed by atoms with E-state index in [1.165, 1.54) is 10.0 Å². The quantitative estimate of drug-likeness (QED) is 0.784. The van der Waals surface area contributed by atoms with Crippen LogP contribution in [0.1, 0.15) is 12.5 Å². The van der Waals surface area contributed by atoms with Crippen LogP contribution in [0.4, 0.5) is 0 Å². The van der Waals surface area contributed by atoms with Gasteiger partial charge in [0.05, 0.1) is 13.0 Å². The van der Waals surface area contributed by atoms with Crippen molar-refractivity contribution in [2.24, 2.45) is 0 Å². The molecule has 0 spiro atoms. The van der Waals surface area contributed by atoms with Crippen LogP contribution in [-0.4, -0.2) is 37.9 Å². The topological polar surface area (TPSA) is 58.4 Å². The molecule has 2 aromatic rings. The summed E-state index contributed by atoms with van der Waals surface area (Å²) in [5.41, 5.74) is 1.04. The second kappa shape index (κ2) is 7.45. The van der Waals surface area contributed by atoms with Crippen molar-refractivity contribution in [1.29, 1.82) is 0 Å². The lowest BCUT2D eigenvalue weighted by Gasteiger charge is -2.11. The molecule has 0 aromatic heterocycles. The third-order valence-corrected chi connectivity index (χ3v) is 6.03. The Morgan fingerprint density at radius 3 is 2.68 bits per heavy atom. The summed E-state index contributed by atoms with van der Waals surface area (Å²) in [7, 11) is -3.76. The second-order valence-corrected chi connectivity index (χ2v) is 7.90. The smallest absolute Gasteiger partial charge is 0.334 e. The van der Waals surface area contributed by atoms with Crippen LogP contribution >= 0.6 is 11.6 Å². The minimum absolute atomic E-state index is 0.0936. The summed E-state index contributed by atoms with van der Waals surface area (Å²) >= 11 is 6.03. The second-order valence-electron chi connectivity index (χ2n) is 5.64. The van der Waals surface area contributed by atoms with Crippen molar-refractivity contribution in [3.8, 4) is 5.75 Å². The summed E-state index contributed by atoms with van der Waals surface area (Å²) in [6.45, 7) is 3.15. The maximum atomic E-state index is 13.2. The zero-order chi connectivity index (χ0) is 17.9. The molecule has 1 heterocycles. The van der Waals surface area contributed by atoms with Crippen molar-refractivity contribution >= 4 is 27.5 Å². The van der Waals surface area contributed by atoms with Gasteiger partial charge < -0.3 is 4.74 Å². The molecule has 1 N–H and O–H groups in total. The average molecular weight is 380 g/mol. The van der Waals surface area contributed by atoms with Gasteiger partial charge in [0.25, 0.3) is 5.84 Å². The zero-order valence-electron chi connectivity index (χ0n) is 13.9. The number of benzene rings is 2. The first-order valence-corrected chi connectivity index (χ1v) is 9.93. The first-order chi connectivity index (χ1) is 12.0. The molecule has 0 aliphatic carbocycles. The summed E-state index contributed by atoms with van der Waals surface area (Å²) in [5.74, 6) is 0.978. The Morgan fingerprint density at radius 2 is 1.96 bits per heavy atom. The summed E-state index contributed by atoms with van der Waals surface area (Å²) in [6.07, 6.45) is 0.518. The maximum absolute atomic E-state index is 13.2. The Labute approximate surface area is 153 Å². The van der Waals surface area contributed by atoms with E-state index in [2.05, 4.69) is 5.32 Å². The van der Waals surface area contributed by atoms with E-state index in [0.717, 1.165) is 5.56 Å². The number of rotatable bonds is 6. The highest BCUT2D eigenvalue weighted by molar-refractivity contribution is 7.85. The van der Waals surface area contributed by atoms with Crippen LogP contribution in [0.3, 0.4) is 0 Å². The van der Waals surface area contributed by atoms with Crippen molar-refractivity contribution < 1.29 is 17.1 Å². The first kappa shape index (κ1) is 17.8. The Morgan fingerprint density at radius 1 is 1.20 bits per heavy atom. The van der Waals surface area contributed by atoms with Gasteiger partial charge in [-0.2, -0.15) is 8.42 Å². The maximum Gasteiger partial charge on any atom is 0.334 e. The van der Waals surface area contributed by atoms with Crippen molar-refractivity contribution in [2.75, 3.05) is 19.7 Å². The molecule has 0 bridgehead atoms. The molecule has 132 valence electrons. The molecule has 0 amide bonds. The van der Waals surface area contributed by atoms with Crippen molar-refractivity contribution in [1.82, 2.24) is 5.32 Å². The minimum atomic E-state index is -3.76. The van der Waals surface area contributed by atoms with Crippen molar-refractivity contribution in [3.63, 3.8) is 0 Å². The number of halogens is 1. The Balaban J connectivity index is 2.04. The fourth-order valence-electron chi connectivity index (χ4n) is 2.81. The average Bonchev–Trinajstić information content (AvgIpc) is 3.06. The number of hydrogen-bond acceptors (Lipinski definition) is 4. The lowest BCUT2D eigenvalue weighted by atomic mass is 10.1. The Kier molecular flexibility index (Phi) is 5.30. The van der Waals surface area contributed by atoms with Gasteiger partial charge >= 0.3 is 10.0 Å². The lowest BCUT2D eigenvalue weighted by Crippen LogP contribution is -2.29. The normalized spacial score (nSPS) is 14.5. The SMILES string of the molecule is CCOc1ccc(Cl)cc1S(=O)(=O)[N+]1=C(Cc2ccccc2)NCC1. The summed E-state index contributed by atoms with van der Waals surface area (Å²) in [4.78, 5) is 0.0936. The Hall–Kier alpha value is -2.05. The molecule has 0 saturated carbocycles. The van der Waals surface area contributed by atoms with Gasteiger partial charge in [0.1, 0.15) is 18.8 Å². The fourth-order valence-corrected chi connectivity index (χ4v) is 4.69. The van der Waals surface area contributed by atoms with Crippen LogP contribution in [-0.2, 0) is 16.4 Å². The number of sulfonamides is 1. The highest BCUT2D eigenvalue weighted by Gasteiger charge is 2.35. The third kappa shape index (κ3) is 3.80. The largest absolute Gasteiger partial charge is 0.492 e. The molecule has 0 saturated heterocycles. The predicted molar refractivity (Wildman–Crippen MR) is 98.1 cm³/mol. The molecular formula is C18H20ClN2O3S+. The number of ether oxygens (including phenoxy) is 1. The zero-order valence-corrected chi connectivity index (χ0v) is 15.5. The van der Waals surface area contributed by atoms with Crippen molar-refractivity contribution in [3.05, 3.63) is 59.1 Å². The van der Waals surface area contributed by atoms with Crippen LogP contribution < -0.4 is 10.1 Å². The number of nitrogens with one attached hydrogen (secondary N) is 1. The number of nitrogens with zero attached hydrogens (tertiary/aromatic N) is 1. The molecular weight excluding hydrogens is 360 g/mol. The monoisotopic (exact) mass is 379 g/mol. The predicted octanol–water partition coefficient (Wildman–Crippen LogP) is 2.68. The molecule has 0 atom stereocenters. The summed E-state index contributed by atoms with van der Waals surface area (Å²) in [6, 6.07) is 14.4. The van der Waals surface area contributed by atoms with Gasteiger partial charge in [-0.05, 0) is 30.7 Å². The van der Waals surface area contributed by atoms with Crippen LogP contribution in [0, 0.1) is 0 Å². The van der Waals surface area contributed by atoms with E-state index in [-0.39, 0.29) is 4.90 Å². The third-order valence-electron chi connectivity index (χ3n) is 3.93. The van der Waals surface area contributed by atoms with Gasteiger partial charge in [0.2, 0.25) is 0 Å². The van der Waals surface area contributed by atoms with E-state index in [9.17, 15) is 8.42 Å². The molecule has 0 unspecified atom stereocenters. The first-order valence-electron chi connectivity index (χ1n) is 8.11. The fraction of sp³-hybridized carbons (Fsp3) is 0.278. The van der Waals surface area contributed by atoms with Crippen molar-refractivity contribution in [2.45, 2.75) is 18.2 Å². The van der Waals surface area contributed by atoms with E-state index in [1.54, 1.807) is 12.1 Å². The molecule has 25 heavy (non-hydrogen) atoms. The molecule has 1 aliphatic rings. The number of amidine groups is 1. The summed E-state index contributed by atoms with van der Waals surface area (Å²) < 4.78 is 33.3. The molecule has 3 rings (SSSR count). The molecule has 0 fully saturated rings. The Bertz CT molecular complexity index is 896. The van der Waals surface area contributed by atoms with Gasteiger partial charge in [-0.15, -0.1) is 3.98 Å². The van der Waals surface area contributed by atoms with Gasteiger partial charge in [0, 0.05) is 5.02 Å². The van der Waals surface area contributed by atoms with E-state index in [4.69, 9.17) is 16.3 Å². The highest BCUT2D eigenvalue weighted by atomic mass is 35.5. The van der Waals surface area contributed by atoms with Gasteiger partial charge in [-0.25, -0.2) is 0 Å². The number of hydrogen-bond donors (Lipinski definition) is 1.